The SMILES string of the molecule is COC1=CCCC(C2=COC=C(c3ccnc(Nc4cccc(Oc5ccccc5)c4)n3)O2)=C1. The number of nitrogens with zero attached hydrogens (tertiary/aromatic N) is 2. The fourth-order valence-electron chi connectivity index (χ4n) is 3.53. The Morgan fingerprint density at radius 2 is 1.79 bits per heavy atom. The Morgan fingerprint density at radius 1 is 0.941 bits per heavy atom. The molecule has 7 heteroatoms. The van der Waals surface area contributed by atoms with Gasteiger partial charge in [-0.1, -0.05) is 24.3 Å². The van der Waals surface area contributed by atoms with Crippen LogP contribution in [-0.4, -0.2) is 17.1 Å². The molecular formula is C27H23N3O4. The van der Waals surface area contributed by atoms with Gasteiger partial charge in [0.1, 0.15) is 35.5 Å². The number of rotatable bonds is 7. The average molecular weight is 453 g/mol. The lowest BCUT2D eigenvalue weighted by atomic mass is 10.0. The van der Waals surface area contributed by atoms with Crippen LogP contribution in [0.2, 0.25) is 0 Å². The second-order valence-corrected chi connectivity index (χ2v) is 7.55. The van der Waals surface area contributed by atoms with Gasteiger partial charge >= 0.3 is 0 Å². The van der Waals surface area contributed by atoms with Crippen molar-refractivity contribution in [3.8, 4) is 11.5 Å². The molecule has 7 nitrogen and oxygen atoms in total. The van der Waals surface area contributed by atoms with Crippen molar-refractivity contribution in [2.75, 3.05) is 12.4 Å². The van der Waals surface area contributed by atoms with Crippen LogP contribution in [0.1, 0.15) is 18.5 Å². The molecule has 0 saturated heterocycles. The minimum atomic E-state index is 0.427. The van der Waals surface area contributed by atoms with E-state index in [4.69, 9.17) is 18.9 Å². The monoisotopic (exact) mass is 453 g/mol. The van der Waals surface area contributed by atoms with Crippen LogP contribution < -0.4 is 10.1 Å². The summed E-state index contributed by atoms with van der Waals surface area (Å²) in [6.45, 7) is 0. The number of hydrogen-bond donors (Lipinski definition) is 1. The van der Waals surface area contributed by atoms with Gasteiger partial charge in [0.2, 0.25) is 5.95 Å². The van der Waals surface area contributed by atoms with Crippen molar-refractivity contribution in [2.24, 2.45) is 0 Å². The van der Waals surface area contributed by atoms with Crippen LogP contribution in [0.25, 0.3) is 5.76 Å². The zero-order chi connectivity index (χ0) is 23.2. The summed E-state index contributed by atoms with van der Waals surface area (Å²) in [5, 5.41) is 3.22. The molecule has 0 unspecified atom stereocenters. The Balaban J connectivity index is 1.29. The van der Waals surface area contributed by atoms with E-state index in [1.54, 1.807) is 25.6 Å². The normalized spacial score (nSPS) is 15.0. The van der Waals surface area contributed by atoms with Gasteiger partial charge in [0.05, 0.1) is 7.11 Å². The zero-order valence-corrected chi connectivity index (χ0v) is 18.6. The fraction of sp³-hybridized carbons (Fsp3) is 0.111. The maximum absolute atomic E-state index is 6.10. The van der Waals surface area contributed by atoms with Crippen molar-refractivity contribution < 1.29 is 18.9 Å². The third-order valence-corrected chi connectivity index (χ3v) is 5.18. The van der Waals surface area contributed by atoms with Gasteiger partial charge in [-0.2, -0.15) is 0 Å². The second kappa shape index (κ2) is 9.95. The number of benzene rings is 2. The molecule has 0 radical (unpaired) electrons. The van der Waals surface area contributed by atoms with Crippen LogP contribution in [-0.2, 0) is 14.2 Å². The number of para-hydroxylation sites is 1. The van der Waals surface area contributed by atoms with Gasteiger partial charge in [-0.25, -0.2) is 9.97 Å². The molecule has 5 rings (SSSR count). The van der Waals surface area contributed by atoms with E-state index in [2.05, 4.69) is 15.3 Å². The highest BCUT2D eigenvalue weighted by Gasteiger charge is 2.19. The third kappa shape index (κ3) is 5.10. The van der Waals surface area contributed by atoms with Crippen molar-refractivity contribution in [1.29, 1.82) is 0 Å². The summed E-state index contributed by atoms with van der Waals surface area (Å²) in [5.41, 5.74) is 2.40. The van der Waals surface area contributed by atoms with Crippen LogP contribution in [0.15, 0.2) is 109 Å². The van der Waals surface area contributed by atoms with E-state index in [-0.39, 0.29) is 0 Å². The molecule has 1 aliphatic heterocycles. The van der Waals surface area contributed by atoms with Crippen LogP contribution in [0.5, 0.6) is 11.5 Å². The van der Waals surface area contributed by atoms with Crippen LogP contribution in [0, 0.1) is 0 Å². The quantitative estimate of drug-likeness (QED) is 0.441. The third-order valence-electron chi connectivity index (χ3n) is 5.18. The Hall–Kier alpha value is -4.52. The maximum Gasteiger partial charge on any atom is 0.227 e. The van der Waals surface area contributed by atoms with Crippen LogP contribution in [0.4, 0.5) is 11.6 Å². The summed E-state index contributed by atoms with van der Waals surface area (Å²) in [5.74, 6) is 3.85. The van der Waals surface area contributed by atoms with Gasteiger partial charge in [-0.3, -0.25) is 0 Å². The number of anilines is 2. The molecule has 0 saturated carbocycles. The lowest BCUT2D eigenvalue weighted by Gasteiger charge is -2.20. The number of nitrogens with one attached hydrogen (secondary N) is 1. The highest BCUT2D eigenvalue weighted by Crippen LogP contribution is 2.31. The molecule has 1 N–H and O–H groups in total. The first kappa shape index (κ1) is 21.3. The summed E-state index contributed by atoms with van der Waals surface area (Å²) in [4.78, 5) is 8.93. The molecule has 2 aromatic carbocycles. The average Bonchev–Trinajstić information content (AvgIpc) is 2.90. The highest BCUT2D eigenvalue weighted by atomic mass is 16.5. The number of methoxy groups -OCH3 is 1. The van der Waals surface area contributed by atoms with E-state index in [1.807, 2.05) is 66.7 Å². The maximum atomic E-state index is 6.10. The Bertz CT molecular complexity index is 1300. The largest absolute Gasteiger partial charge is 0.497 e. The van der Waals surface area contributed by atoms with Crippen molar-refractivity contribution in [3.63, 3.8) is 0 Å². The predicted molar refractivity (Wildman–Crippen MR) is 129 cm³/mol. The van der Waals surface area contributed by atoms with Gasteiger partial charge in [0.25, 0.3) is 0 Å². The minimum absolute atomic E-state index is 0.427. The van der Waals surface area contributed by atoms with Crippen LogP contribution >= 0.6 is 0 Å². The summed E-state index contributed by atoms with van der Waals surface area (Å²) in [6, 6.07) is 19.0. The molecular weight excluding hydrogens is 430 g/mol. The predicted octanol–water partition coefficient (Wildman–Crippen LogP) is 6.45. The standard InChI is InChI=1S/C27H23N3O4/c1-31-22-11-5-7-19(15-22)25-17-32-18-26(34-25)24-13-14-28-27(30-24)29-20-8-6-12-23(16-20)33-21-9-3-2-4-10-21/h2-4,6,8-18H,5,7H2,1H3,(H,28,29,30). The lowest BCUT2D eigenvalue weighted by molar-refractivity contribution is 0.279. The smallest absolute Gasteiger partial charge is 0.227 e. The second-order valence-electron chi connectivity index (χ2n) is 7.55. The molecule has 2 heterocycles. The number of ether oxygens (including phenoxy) is 4. The van der Waals surface area contributed by atoms with E-state index < -0.39 is 0 Å². The zero-order valence-electron chi connectivity index (χ0n) is 18.6. The molecule has 0 atom stereocenters. The van der Waals surface area contributed by atoms with E-state index >= 15 is 0 Å². The number of hydrogen-bond acceptors (Lipinski definition) is 7. The van der Waals surface area contributed by atoms with Crippen molar-refractivity contribution >= 4 is 17.4 Å². The molecule has 170 valence electrons. The molecule has 0 bridgehead atoms. The lowest BCUT2D eigenvalue weighted by Crippen LogP contribution is -2.07. The minimum Gasteiger partial charge on any atom is -0.497 e. The van der Waals surface area contributed by atoms with Crippen molar-refractivity contribution in [3.05, 3.63) is 114 Å². The molecule has 3 aromatic rings. The number of allylic oxidation sites excluding steroid dienone is 3. The highest BCUT2D eigenvalue weighted by molar-refractivity contribution is 5.61. The first-order valence-corrected chi connectivity index (χ1v) is 10.9. The van der Waals surface area contributed by atoms with Crippen LogP contribution in [0.3, 0.4) is 0 Å². The summed E-state index contributed by atoms with van der Waals surface area (Å²) in [6.07, 6.45) is 10.5. The van der Waals surface area contributed by atoms with Gasteiger partial charge < -0.3 is 24.3 Å². The summed E-state index contributed by atoms with van der Waals surface area (Å²) < 4.78 is 22.9. The Kier molecular flexibility index (Phi) is 6.25. The van der Waals surface area contributed by atoms with E-state index in [9.17, 15) is 0 Å². The van der Waals surface area contributed by atoms with Crippen molar-refractivity contribution in [1.82, 2.24) is 9.97 Å². The molecule has 34 heavy (non-hydrogen) atoms. The topological polar surface area (TPSA) is 74.7 Å². The first-order valence-electron chi connectivity index (χ1n) is 10.9. The fourth-order valence-corrected chi connectivity index (χ4v) is 3.53. The molecule has 0 spiro atoms. The molecule has 1 aliphatic carbocycles. The Morgan fingerprint density at radius 3 is 2.68 bits per heavy atom. The summed E-state index contributed by atoms with van der Waals surface area (Å²) in [7, 11) is 1.65. The van der Waals surface area contributed by atoms with E-state index in [0.717, 1.165) is 35.6 Å². The molecule has 1 aromatic heterocycles. The van der Waals surface area contributed by atoms with Gasteiger partial charge in [-0.15, -0.1) is 0 Å². The number of aromatic nitrogens is 2. The van der Waals surface area contributed by atoms with Gasteiger partial charge in [0, 0.05) is 23.5 Å². The molecule has 0 amide bonds. The van der Waals surface area contributed by atoms with Gasteiger partial charge in [0.15, 0.2) is 11.5 Å². The molecule has 2 aliphatic rings. The Labute approximate surface area is 197 Å². The van der Waals surface area contributed by atoms with Crippen molar-refractivity contribution in [2.45, 2.75) is 12.8 Å². The van der Waals surface area contributed by atoms with E-state index in [0.29, 0.717) is 28.9 Å². The molecule has 0 fully saturated rings. The van der Waals surface area contributed by atoms with E-state index in [1.165, 1.54) is 6.26 Å². The van der Waals surface area contributed by atoms with Gasteiger partial charge in [-0.05, 0) is 55.3 Å². The first-order chi connectivity index (χ1) is 16.8. The summed E-state index contributed by atoms with van der Waals surface area (Å²) >= 11 is 0.